The molecule has 0 aliphatic heterocycles. The largest absolute Gasteiger partial charge is 0.469 e. The quantitative estimate of drug-likeness (QED) is 0.853. The maximum absolute atomic E-state index is 5.53. The molecule has 1 N–H and O–H groups in total. The predicted molar refractivity (Wildman–Crippen MR) is 71.5 cm³/mol. The van der Waals surface area contributed by atoms with E-state index in [-0.39, 0.29) is 6.04 Å². The summed E-state index contributed by atoms with van der Waals surface area (Å²) in [6, 6.07) is 2.22. The monoisotopic (exact) mass is 247 g/mol. The summed E-state index contributed by atoms with van der Waals surface area (Å²) in [5.74, 6) is 1.05. The van der Waals surface area contributed by atoms with Crippen molar-refractivity contribution >= 4 is 0 Å². The Kier molecular flexibility index (Phi) is 4.20. The second-order valence-electron chi connectivity index (χ2n) is 4.27. The molecule has 2 aromatic rings. The maximum atomic E-state index is 5.53. The highest BCUT2D eigenvalue weighted by Gasteiger charge is 2.19. The van der Waals surface area contributed by atoms with Crippen LogP contribution in [0.2, 0.25) is 0 Å². The number of aromatic nitrogens is 2. The first-order valence-corrected chi connectivity index (χ1v) is 6.62. The lowest BCUT2D eigenvalue weighted by molar-refractivity contribution is 0.502. The van der Waals surface area contributed by atoms with E-state index in [1.807, 2.05) is 10.9 Å². The van der Waals surface area contributed by atoms with Gasteiger partial charge in [0.05, 0.1) is 18.5 Å². The summed E-state index contributed by atoms with van der Waals surface area (Å²) >= 11 is 0. The molecule has 0 aliphatic rings. The van der Waals surface area contributed by atoms with Gasteiger partial charge >= 0.3 is 0 Å². The Bertz CT molecular complexity index is 487. The van der Waals surface area contributed by atoms with Gasteiger partial charge in [-0.2, -0.15) is 5.10 Å². The van der Waals surface area contributed by atoms with Gasteiger partial charge in [-0.3, -0.25) is 4.68 Å². The van der Waals surface area contributed by atoms with Crippen molar-refractivity contribution < 1.29 is 4.42 Å². The van der Waals surface area contributed by atoms with Gasteiger partial charge < -0.3 is 9.73 Å². The third-order valence-electron chi connectivity index (χ3n) is 3.13. The average Bonchev–Trinajstić information content (AvgIpc) is 3.04. The van der Waals surface area contributed by atoms with Crippen LogP contribution in [0.5, 0.6) is 0 Å². The molecule has 98 valence electrons. The summed E-state index contributed by atoms with van der Waals surface area (Å²) in [7, 11) is 0. The molecule has 18 heavy (non-hydrogen) atoms. The molecule has 0 saturated heterocycles. The SMILES string of the molecule is CCNC(c1cnn(CC)c1)c1ccoc1CC. The molecule has 0 amide bonds. The highest BCUT2D eigenvalue weighted by Crippen LogP contribution is 2.26. The highest BCUT2D eigenvalue weighted by molar-refractivity contribution is 5.31. The van der Waals surface area contributed by atoms with Crippen LogP contribution in [0.4, 0.5) is 0 Å². The summed E-state index contributed by atoms with van der Waals surface area (Å²) in [5.41, 5.74) is 2.41. The van der Waals surface area contributed by atoms with Gasteiger partial charge in [0, 0.05) is 30.3 Å². The summed E-state index contributed by atoms with van der Waals surface area (Å²) < 4.78 is 7.48. The third-order valence-corrected chi connectivity index (χ3v) is 3.13. The van der Waals surface area contributed by atoms with E-state index >= 15 is 0 Å². The molecule has 2 heterocycles. The van der Waals surface area contributed by atoms with E-state index < -0.39 is 0 Å². The lowest BCUT2D eigenvalue weighted by Gasteiger charge is -2.16. The summed E-state index contributed by atoms with van der Waals surface area (Å²) in [6.07, 6.45) is 6.71. The molecule has 4 nitrogen and oxygen atoms in total. The maximum Gasteiger partial charge on any atom is 0.108 e. The molecule has 0 bridgehead atoms. The average molecular weight is 247 g/mol. The van der Waals surface area contributed by atoms with Crippen LogP contribution >= 0.6 is 0 Å². The van der Waals surface area contributed by atoms with E-state index in [0.29, 0.717) is 0 Å². The van der Waals surface area contributed by atoms with Crippen molar-refractivity contribution in [3.63, 3.8) is 0 Å². The van der Waals surface area contributed by atoms with E-state index in [9.17, 15) is 0 Å². The van der Waals surface area contributed by atoms with Crippen molar-refractivity contribution in [2.45, 2.75) is 39.8 Å². The molecule has 2 rings (SSSR count). The Balaban J connectivity index is 2.33. The molecular formula is C14H21N3O. The van der Waals surface area contributed by atoms with Gasteiger partial charge in [-0.1, -0.05) is 13.8 Å². The van der Waals surface area contributed by atoms with E-state index in [4.69, 9.17) is 4.42 Å². The molecule has 0 radical (unpaired) electrons. The molecule has 0 aliphatic carbocycles. The van der Waals surface area contributed by atoms with Crippen LogP contribution in [0.25, 0.3) is 0 Å². The van der Waals surface area contributed by atoms with Gasteiger partial charge in [-0.05, 0) is 19.5 Å². The second-order valence-corrected chi connectivity index (χ2v) is 4.27. The van der Waals surface area contributed by atoms with Crippen LogP contribution < -0.4 is 5.32 Å². The Morgan fingerprint density at radius 2 is 2.22 bits per heavy atom. The molecule has 0 fully saturated rings. The number of furan rings is 1. The molecule has 4 heteroatoms. The minimum Gasteiger partial charge on any atom is -0.469 e. The Labute approximate surface area is 108 Å². The highest BCUT2D eigenvalue weighted by atomic mass is 16.3. The number of aryl methyl sites for hydroxylation is 2. The van der Waals surface area contributed by atoms with Gasteiger partial charge in [0.1, 0.15) is 5.76 Å². The molecule has 0 aromatic carbocycles. The molecular weight excluding hydrogens is 226 g/mol. The lowest BCUT2D eigenvalue weighted by Crippen LogP contribution is -2.22. The summed E-state index contributed by atoms with van der Waals surface area (Å²) in [4.78, 5) is 0. The van der Waals surface area contributed by atoms with Crippen molar-refractivity contribution in [2.75, 3.05) is 6.54 Å². The normalized spacial score (nSPS) is 12.8. The summed E-state index contributed by atoms with van der Waals surface area (Å²) in [5, 5.41) is 7.85. The first-order valence-electron chi connectivity index (χ1n) is 6.62. The van der Waals surface area contributed by atoms with E-state index in [2.05, 4.69) is 43.4 Å². The van der Waals surface area contributed by atoms with Crippen molar-refractivity contribution in [3.8, 4) is 0 Å². The Hall–Kier alpha value is -1.55. The molecule has 0 spiro atoms. The number of hydrogen-bond acceptors (Lipinski definition) is 3. The zero-order valence-electron chi connectivity index (χ0n) is 11.3. The fraction of sp³-hybridized carbons (Fsp3) is 0.500. The van der Waals surface area contributed by atoms with Crippen LogP contribution in [0, 0.1) is 0 Å². The molecule has 0 saturated carbocycles. The smallest absolute Gasteiger partial charge is 0.108 e. The van der Waals surface area contributed by atoms with E-state index in [1.165, 1.54) is 11.1 Å². The van der Waals surface area contributed by atoms with Gasteiger partial charge in [-0.25, -0.2) is 0 Å². The first-order chi connectivity index (χ1) is 8.80. The van der Waals surface area contributed by atoms with E-state index in [1.54, 1.807) is 6.26 Å². The van der Waals surface area contributed by atoms with Crippen molar-refractivity contribution in [3.05, 3.63) is 41.6 Å². The number of rotatable bonds is 6. The summed E-state index contributed by atoms with van der Waals surface area (Å²) in [6.45, 7) is 8.12. The van der Waals surface area contributed by atoms with E-state index in [0.717, 1.165) is 25.3 Å². The zero-order valence-corrected chi connectivity index (χ0v) is 11.3. The lowest BCUT2D eigenvalue weighted by atomic mass is 10.0. The predicted octanol–water partition coefficient (Wildman–Crippen LogP) is 2.76. The van der Waals surface area contributed by atoms with Crippen LogP contribution in [-0.4, -0.2) is 16.3 Å². The van der Waals surface area contributed by atoms with Crippen molar-refractivity contribution in [1.29, 1.82) is 0 Å². The molecule has 1 atom stereocenters. The van der Waals surface area contributed by atoms with Gasteiger partial charge in [0.2, 0.25) is 0 Å². The Morgan fingerprint density at radius 3 is 2.83 bits per heavy atom. The van der Waals surface area contributed by atoms with Gasteiger partial charge in [0.15, 0.2) is 0 Å². The second kappa shape index (κ2) is 5.87. The zero-order chi connectivity index (χ0) is 13.0. The van der Waals surface area contributed by atoms with Crippen molar-refractivity contribution in [1.82, 2.24) is 15.1 Å². The van der Waals surface area contributed by atoms with Crippen LogP contribution in [-0.2, 0) is 13.0 Å². The third kappa shape index (κ3) is 2.48. The topological polar surface area (TPSA) is 43.0 Å². The number of nitrogens with one attached hydrogen (secondary N) is 1. The van der Waals surface area contributed by atoms with Crippen LogP contribution in [0.3, 0.4) is 0 Å². The fourth-order valence-electron chi connectivity index (χ4n) is 2.21. The van der Waals surface area contributed by atoms with Crippen LogP contribution in [0.15, 0.2) is 29.1 Å². The molecule has 2 aromatic heterocycles. The number of hydrogen-bond donors (Lipinski definition) is 1. The van der Waals surface area contributed by atoms with Gasteiger partial charge in [-0.15, -0.1) is 0 Å². The van der Waals surface area contributed by atoms with Crippen LogP contribution in [0.1, 0.15) is 43.7 Å². The minimum absolute atomic E-state index is 0.170. The molecule has 1 unspecified atom stereocenters. The number of nitrogens with zero attached hydrogens (tertiary/aromatic N) is 2. The fourth-order valence-corrected chi connectivity index (χ4v) is 2.21. The minimum atomic E-state index is 0.170. The standard InChI is InChI=1S/C14H21N3O/c1-4-13-12(7-8-18-13)14(15-5-2)11-9-16-17(6-3)10-11/h7-10,14-15H,4-6H2,1-3H3. The van der Waals surface area contributed by atoms with Gasteiger partial charge in [0.25, 0.3) is 0 Å². The van der Waals surface area contributed by atoms with Crippen molar-refractivity contribution in [2.24, 2.45) is 0 Å². The Morgan fingerprint density at radius 1 is 1.39 bits per heavy atom. The first kappa shape index (κ1) is 12.9.